The van der Waals surface area contributed by atoms with Gasteiger partial charge >= 0.3 is 6.01 Å². The zero-order chi connectivity index (χ0) is 30.5. The number of aromatic amines is 1. The van der Waals surface area contributed by atoms with Crippen molar-refractivity contribution in [3.63, 3.8) is 0 Å². The fourth-order valence-electron chi connectivity index (χ4n) is 5.94. The lowest BCUT2D eigenvalue weighted by Gasteiger charge is -2.44. The maximum atomic E-state index is 16.9. The largest absolute Gasteiger partial charge is 0.459 e. The van der Waals surface area contributed by atoms with Gasteiger partial charge in [0.1, 0.15) is 17.4 Å². The summed E-state index contributed by atoms with van der Waals surface area (Å²) in [7, 11) is 3.91. The monoisotopic (exact) mass is 593 g/mol. The van der Waals surface area contributed by atoms with Crippen molar-refractivity contribution in [2.24, 2.45) is 0 Å². The first-order chi connectivity index (χ1) is 19.9. The van der Waals surface area contributed by atoms with E-state index in [1.54, 1.807) is 11.0 Å². The van der Waals surface area contributed by atoms with Crippen LogP contribution in [0.1, 0.15) is 32.0 Å². The van der Waals surface area contributed by atoms with E-state index in [0.717, 1.165) is 22.2 Å². The molecule has 0 saturated carbocycles. The number of likely N-dealkylation sites (N-methyl/N-ethyl adjacent to an activating group) is 1. The smallest absolute Gasteiger partial charge is 0.319 e. The van der Waals surface area contributed by atoms with Gasteiger partial charge in [-0.25, -0.2) is 4.39 Å². The Morgan fingerprint density at radius 3 is 2.67 bits per heavy atom. The van der Waals surface area contributed by atoms with Gasteiger partial charge in [-0.3, -0.25) is 9.89 Å². The second kappa shape index (κ2) is 11.5. The Morgan fingerprint density at radius 2 is 1.98 bits per heavy atom. The molecule has 3 heterocycles. The normalized spacial score (nSPS) is 18.2. The minimum Gasteiger partial charge on any atom is -0.459 e. The minimum absolute atomic E-state index is 0.0814. The molecule has 0 aliphatic carbocycles. The number of aromatic nitrogens is 4. The molecule has 0 bridgehead atoms. The molecule has 1 amide bonds. The van der Waals surface area contributed by atoms with E-state index >= 15 is 4.39 Å². The summed E-state index contributed by atoms with van der Waals surface area (Å²) >= 11 is 6.93. The van der Waals surface area contributed by atoms with Gasteiger partial charge in [0.2, 0.25) is 5.91 Å². The third-order valence-corrected chi connectivity index (χ3v) is 8.15. The number of hydrogen-bond donors (Lipinski definition) is 1. The summed E-state index contributed by atoms with van der Waals surface area (Å²) in [6.45, 7) is 14.9. The van der Waals surface area contributed by atoms with Crippen molar-refractivity contribution in [3.05, 3.63) is 53.0 Å². The number of aryl methyl sites for hydroxylation is 2. The van der Waals surface area contributed by atoms with Gasteiger partial charge in [-0.2, -0.15) is 15.1 Å². The van der Waals surface area contributed by atoms with Crippen molar-refractivity contribution in [2.75, 3.05) is 38.6 Å². The number of rotatable bonds is 7. The molecule has 3 atom stereocenters. The number of nitrogens with zero attached hydrogens (tertiary/aromatic N) is 6. The van der Waals surface area contributed by atoms with Crippen molar-refractivity contribution in [3.8, 4) is 17.1 Å². The van der Waals surface area contributed by atoms with Gasteiger partial charge in [0, 0.05) is 53.6 Å². The number of hydrogen-bond acceptors (Lipinski definition) is 7. The van der Waals surface area contributed by atoms with Gasteiger partial charge in [-0.05, 0) is 72.5 Å². The van der Waals surface area contributed by atoms with Crippen LogP contribution in [-0.4, -0.2) is 87.8 Å². The molecule has 0 spiro atoms. The quantitative estimate of drug-likeness (QED) is 0.282. The summed E-state index contributed by atoms with van der Waals surface area (Å²) < 4.78 is 23.0. The first-order valence-electron chi connectivity index (χ1n) is 14.1. The van der Waals surface area contributed by atoms with E-state index < -0.39 is 5.82 Å². The molecule has 0 unspecified atom stereocenters. The van der Waals surface area contributed by atoms with Crippen LogP contribution in [0.25, 0.3) is 32.9 Å². The Kier molecular flexibility index (Phi) is 8.13. The average Bonchev–Trinajstić information content (AvgIpc) is 3.30. The number of benzene rings is 2. The number of carbonyl (C=O) groups excluding carboxylic acids is 1. The highest BCUT2D eigenvalue weighted by atomic mass is 35.5. The molecule has 222 valence electrons. The van der Waals surface area contributed by atoms with Gasteiger partial charge in [-0.15, -0.1) is 0 Å². The molecule has 2 aromatic carbocycles. The summed E-state index contributed by atoms with van der Waals surface area (Å²) in [6.07, 6.45) is 1.08. The number of carbonyl (C=O) groups is 1. The highest BCUT2D eigenvalue weighted by Gasteiger charge is 2.34. The predicted molar refractivity (Wildman–Crippen MR) is 166 cm³/mol. The van der Waals surface area contributed by atoms with E-state index in [4.69, 9.17) is 21.3 Å². The Balaban J connectivity index is 1.73. The standard InChI is InChI=1S/C31H37ClFN7O2/c1-9-24(41)39-13-18(4)40(14-17(39)3)30-21-12-22(32)27(25-16(2)10-11-23-26(25)20(6)36-37-23)28(33)29(21)34-31(35-30)42-19(5)15-38(7)8/h9-12,17-19H,1,13-15H2,2-8H3,(H,36,37)/t17-,18+,19-/m1/s1. The molecule has 9 nitrogen and oxygen atoms in total. The number of H-pyrrole nitrogens is 1. The van der Waals surface area contributed by atoms with E-state index in [1.807, 2.05) is 65.7 Å². The minimum atomic E-state index is -0.552. The van der Waals surface area contributed by atoms with E-state index in [1.165, 1.54) is 6.08 Å². The number of halogens is 2. The number of piperazine rings is 1. The molecule has 5 rings (SSSR count). The molecule has 11 heteroatoms. The maximum Gasteiger partial charge on any atom is 0.319 e. The lowest BCUT2D eigenvalue weighted by molar-refractivity contribution is -0.128. The third-order valence-electron chi connectivity index (χ3n) is 7.86. The molecule has 4 aromatic rings. The zero-order valence-electron chi connectivity index (χ0n) is 25.1. The number of ether oxygens (including phenoxy) is 1. The molecule has 1 saturated heterocycles. The van der Waals surface area contributed by atoms with E-state index in [2.05, 4.69) is 26.7 Å². The predicted octanol–water partition coefficient (Wildman–Crippen LogP) is 5.52. The lowest BCUT2D eigenvalue weighted by Crippen LogP contribution is -2.58. The van der Waals surface area contributed by atoms with Crippen molar-refractivity contribution < 1.29 is 13.9 Å². The number of fused-ring (bicyclic) bond motifs is 2. The first-order valence-corrected chi connectivity index (χ1v) is 14.4. The molecule has 0 radical (unpaired) electrons. The van der Waals surface area contributed by atoms with E-state index in [0.29, 0.717) is 36.4 Å². The van der Waals surface area contributed by atoms with Crippen LogP contribution in [0.3, 0.4) is 0 Å². The Hall–Kier alpha value is -3.76. The summed E-state index contributed by atoms with van der Waals surface area (Å²) in [5.74, 6) is -0.164. The molecule has 1 N–H and O–H groups in total. The number of nitrogens with one attached hydrogen (secondary N) is 1. The number of amides is 1. The molecule has 42 heavy (non-hydrogen) atoms. The fourth-order valence-corrected chi connectivity index (χ4v) is 6.22. The molecule has 1 fully saturated rings. The van der Waals surface area contributed by atoms with Gasteiger partial charge in [0.15, 0.2) is 5.82 Å². The van der Waals surface area contributed by atoms with Gasteiger partial charge in [0.05, 0.1) is 16.2 Å². The summed E-state index contributed by atoms with van der Waals surface area (Å²) in [6, 6.07) is 5.42. The van der Waals surface area contributed by atoms with Crippen molar-refractivity contribution in [2.45, 2.75) is 52.8 Å². The van der Waals surface area contributed by atoms with Crippen LogP contribution in [0.4, 0.5) is 10.2 Å². The average molecular weight is 594 g/mol. The SMILES string of the molecule is C=CC(=O)N1C[C@H](C)N(c2nc(O[C@H](C)CN(C)C)nc3c(F)c(-c4c(C)ccc5[nH]nc(C)c45)c(Cl)cc23)C[C@H]1C. The topological polar surface area (TPSA) is 90.5 Å². The van der Waals surface area contributed by atoms with Crippen LogP contribution in [0.5, 0.6) is 6.01 Å². The van der Waals surface area contributed by atoms with Crippen LogP contribution >= 0.6 is 11.6 Å². The summed E-state index contributed by atoms with van der Waals surface area (Å²) in [5, 5.41) is 8.90. The highest BCUT2D eigenvalue weighted by molar-refractivity contribution is 6.35. The van der Waals surface area contributed by atoms with Crippen LogP contribution in [-0.2, 0) is 4.79 Å². The van der Waals surface area contributed by atoms with Gasteiger partial charge < -0.3 is 19.4 Å². The summed E-state index contributed by atoms with van der Waals surface area (Å²) in [5.41, 5.74) is 3.46. The zero-order valence-corrected chi connectivity index (χ0v) is 25.9. The van der Waals surface area contributed by atoms with E-state index in [-0.39, 0.29) is 46.2 Å². The molecular formula is C31H37ClFN7O2. The lowest BCUT2D eigenvalue weighted by atomic mass is 9.94. The van der Waals surface area contributed by atoms with Gasteiger partial charge in [0.25, 0.3) is 0 Å². The Bertz CT molecular complexity index is 1690. The van der Waals surface area contributed by atoms with Crippen LogP contribution in [0.15, 0.2) is 30.9 Å². The van der Waals surface area contributed by atoms with Gasteiger partial charge in [-0.1, -0.05) is 24.2 Å². The molecule has 2 aromatic heterocycles. The summed E-state index contributed by atoms with van der Waals surface area (Å²) in [4.78, 5) is 27.8. The van der Waals surface area contributed by atoms with Crippen LogP contribution in [0.2, 0.25) is 5.02 Å². The van der Waals surface area contributed by atoms with Crippen molar-refractivity contribution in [1.82, 2.24) is 30.0 Å². The molecule has 1 aliphatic rings. The van der Waals surface area contributed by atoms with Crippen LogP contribution in [0, 0.1) is 19.7 Å². The Labute approximate surface area is 250 Å². The van der Waals surface area contributed by atoms with E-state index in [9.17, 15) is 4.79 Å². The third kappa shape index (κ3) is 5.29. The fraction of sp³-hybridized carbons (Fsp3) is 0.419. The molecule has 1 aliphatic heterocycles. The van der Waals surface area contributed by atoms with Crippen molar-refractivity contribution >= 4 is 45.1 Å². The second-order valence-corrected chi connectivity index (χ2v) is 11.9. The first kappa shape index (κ1) is 29.7. The van der Waals surface area contributed by atoms with Crippen molar-refractivity contribution in [1.29, 1.82) is 0 Å². The maximum absolute atomic E-state index is 16.9. The number of anilines is 1. The highest BCUT2D eigenvalue weighted by Crippen LogP contribution is 2.43. The van der Waals surface area contributed by atoms with Crippen LogP contribution < -0.4 is 9.64 Å². The Morgan fingerprint density at radius 1 is 1.24 bits per heavy atom. The second-order valence-electron chi connectivity index (χ2n) is 11.5. The molecular weight excluding hydrogens is 557 g/mol.